The molecule has 0 aliphatic heterocycles. The van der Waals surface area contributed by atoms with Crippen molar-refractivity contribution in [3.63, 3.8) is 0 Å². The fourth-order valence-electron chi connectivity index (χ4n) is 0.143. The Bertz CT molecular complexity index is 227. The van der Waals surface area contributed by atoms with E-state index in [1.807, 2.05) is 0 Å². The number of carboxylic acid groups (broad SMARTS) is 2. The van der Waals surface area contributed by atoms with E-state index < -0.39 is 17.8 Å². The summed E-state index contributed by atoms with van der Waals surface area (Å²) in [5.41, 5.74) is 4.53. The third kappa shape index (κ3) is 25.7. The first kappa shape index (κ1) is 13.5. The Morgan fingerprint density at radius 1 is 1.08 bits per heavy atom. The maximum Gasteiger partial charge on any atom is 0.328 e. The standard InChI is InChI=1S/C4H4O4.C3H5NO/c5-3(6)1-2-4(7)8;1-2-3(4)5/h1-2H,(H,5,6)(H,7,8);2H,1H2,(H2,4,5)/b2-1+;. The number of rotatable bonds is 3. The second-order valence-corrected chi connectivity index (χ2v) is 1.62. The molecule has 0 saturated carbocycles. The minimum atomic E-state index is -1.26. The van der Waals surface area contributed by atoms with Gasteiger partial charge in [-0.1, -0.05) is 6.58 Å². The lowest BCUT2D eigenvalue weighted by molar-refractivity contribution is -0.134. The monoisotopic (exact) mass is 187 g/mol. The van der Waals surface area contributed by atoms with Gasteiger partial charge in [0, 0.05) is 12.2 Å². The van der Waals surface area contributed by atoms with E-state index in [1.54, 1.807) is 0 Å². The Labute approximate surface area is 74.0 Å². The summed E-state index contributed by atoms with van der Waals surface area (Å²) in [6.07, 6.45) is 2.17. The molecule has 6 heteroatoms. The number of carbonyl (C=O) groups is 3. The van der Waals surface area contributed by atoms with Gasteiger partial charge in [-0.05, 0) is 6.08 Å². The van der Waals surface area contributed by atoms with Gasteiger partial charge in [-0.2, -0.15) is 0 Å². The minimum absolute atomic E-state index is 0.481. The van der Waals surface area contributed by atoms with E-state index in [4.69, 9.17) is 10.2 Å². The zero-order valence-corrected chi connectivity index (χ0v) is 6.64. The van der Waals surface area contributed by atoms with Crippen molar-refractivity contribution in [1.29, 1.82) is 0 Å². The van der Waals surface area contributed by atoms with E-state index >= 15 is 0 Å². The number of primary amides is 1. The van der Waals surface area contributed by atoms with Crippen molar-refractivity contribution in [3.8, 4) is 0 Å². The maximum atomic E-state index is 9.55. The Hall–Kier alpha value is -2.11. The van der Waals surface area contributed by atoms with Crippen LogP contribution in [-0.2, 0) is 14.4 Å². The summed E-state index contributed by atoms with van der Waals surface area (Å²) in [7, 11) is 0. The van der Waals surface area contributed by atoms with Gasteiger partial charge < -0.3 is 15.9 Å². The third-order valence-corrected chi connectivity index (χ3v) is 0.570. The van der Waals surface area contributed by atoms with Crippen molar-refractivity contribution < 1.29 is 24.6 Å². The third-order valence-electron chi connectivity index (χ3n) is 0.570. The molecule has 0 fully saturated rings. The molecule has 0 aromatic carbocycles. The predicted octanol–water partition coefficient (Wildman–Crippen LogP) is -0.631. The first-order valence-corrected chi connectivity index (χ1v) is 2.96. The van der Waals surface area contributed by atoms with Crippen LogP contribution in [0.15, 0.2) is 24.8 Å². The van der Waals surface area contributed by atoms with Gasteiger partial charge in [0.1, 0.15) is 0 Å². The Kier molecular flexibility index (Phi) is 8.28. The quantitative estimate of drug-likeness (QED) is 0.508. The van der Waals surface area contributed by atoms with Crippen LogP contribution in [-0.4, -0.2) is 28.1 Å². The number of hydrogen-bond donors (Lipinski definition) is 3. The molecule has 1 amide bonds. The highest BCUT2D eigenvalue weighted by Gasteiger charge is 1.88. The second-order valence-electron chi connectivity index (χ2n) is 1.62. The van der Waals surface area contributed by atoms with E-state index in [9.17, 15) is 14.4 Å². The van der Waals surface area contributed by atoms with Gasteiger partial charge in [-0.15, -0.1) is 0 Å². The molecular weight excluding hydrogens is 178 g/mol. The molecule has 0 heterocycles. The topological polar surface area (TPSA) is 118 Å². The molecule has 0 unspecified atom stereocenters. The number of amides is 1. The molecule has 0 radical (unpaired) electrons. The number of carboxylic acids is 2. The summed E-state index contributed by atoms with van der Waals surface area (Å²) in [5, 5.41) is 15.6. The smallest absolute Gasteiger partial charge is 0.328 e. The summed E-state index contributed by atoms with van der Waals surface area (Å²) in [6, 6.07) is 0. The molecule has 0 aliphatic rings. The first-order valence-electron chi connectivity index (χ1n) is 2.96. The van der Waals surface area contributed by atoms with Crippen LogP contribution in [0.5, 0.6) is 0 Å². The van der Waals surface area contributed by atoms with Crippen LogP contribution in [0.1, 0.15) is 0 Å². The fourth-order valence-corrected chi connectivity index (χ4v) is 0.143. The summed E-state index contributed by atoms with van der Waals surface area (Å²) in [4.78, 5) is 28.6. The molecule has 13 heavy (non-hydrogen) atoms. The molecule has 0 atom stereocenters. The van der Waals surface area contributed by atoms with E-state index in [0.717, 1.165) is 6.08 Å². The largest absolute Gasteiger partial charge is 0.478 e. The highest BCUT2D eigenvalue weighted by Crippen LogP contribution is 1.70. The van der Waals surface area contributed by atoms with Crippen LogP contribution in [0.3, 0.4) is 0 Å². The van der Waals surface area contributed by atoms with Gasteiger partial charge >= 0.3 is 11.9 Å². The average molecular weight is 187 g/mol. The van der Waals surface area contributed by atoms with Crippen LogP contribution in [0.25, 0.3) is 0 Å². The Balaban J connectivity index is 0. The van der Waals surface area contributed by atoms with Crippen molar-refractivity contribution in [2.45, 2.75) is 0 Å². The lowest BCUT2D eigenvalue weighted by Gasteiger charge is -1.74. The van der Waals surface area contributed by atoms with E-state index in [2.05, 4.69) is 12.3 Å². The second kappa shape index (κ2) is 7.99. The molecule has 4 N–H and O–H groups in total. The lowest BCUT2D eigenvalue weighted by atomic mass is 10.5. The van der Waals surface area contributed by atoms with Gasteiger partial charge in [-0.25, -0.2) is 9.59 Å². The van der Waals surface area contributed by atoms with Crippen LogP contribution in [0.4, 0.5) is 0 Å². The lowest BCUT2D eigenvalue weighted by Crippen LogP contribution is -2.04. The number of aliphatic carboxylic acids is 2. The summed E-state index contributed by atoms with van der Waals surface area (Å²) < 4.78 is 0. The van der Waals surface area contributed by atoms with Gasteiger partial charge in [0.15, 0.2) is 0 Å². The normalized spacial score (nSPS) is 8.31. The Morgan fingerprint density at radius 2 is 1.31 bits per heavy atom. The van der Waals surface area contributed by atoms with Gasteiger partial charge in [0.25, 0.3) is 0 Å². The number of hydrogen-bond acceptors (Lipinski definition) is 3. The van der Waals surface area contributed by atoms with Crippen molar-refractivity contribution in [1.82, 2.24) is 0 Å². The highest BCUT2D eigenvalue weighted by molar-refractivity contribution is 5.89. The first-order chi connectivity index (χ1) is 5.90. The van der Waals surface area contributed by atoms with Crippen molar-refractivity contribution in [2.24, 2.45) is 5.73 Å². The van der Waals surface area contributed by atoms with Gasteiger partial charge in [-0.3, -0.25) is 4.79 Å². The zero-order chi connectivity index (χ0) is 10.9. The van der Waals surface area contributed by atoms with Gasteiger partial charge in [0.2, 0.25) is 5.91 Å². The molecule has 0 aromatic heterocycles. The van der Waals surface area contributed by atoms with Crippen LogP contribution in [0, 0.1) is 0 Å². The molecular formula is C7H9NO5. The van der Waals surface area contributed by atoms with Gasteiger partial charge in [0.05, 0.1) is 0 Å². The van der Waals surface area contributed by atoms with Crippen molar-refractivity contribution >= 4 is 17.8 Å². The van der Waals surface area contributed by atoms with Crippen molar-refractivity contribution in [3.05, 3.63) is 24.8 Å². The molecule has 0 spiro atoms. The van der Waals surface area contributed by atoms with Crippen LogP contribution < -0.4 is 5.73 Å². The molecule has 0 aliphatic carbocycles. The summed E-state index contributed by atoms with van der Waals surface area (Å²) >= 11 is 0. The maximum absolute atomic E-state index is 9.55. The van der Waals surface area contributed by atoms with E-state index in [0.29, 0.717) is 12.2 Å². The predicted molar refractivity (Wildman–Crippen MR) is 43.8 cm³/mol. The van der Waals surface area contributed by atoms with E-state index in [1.165, 1.54) is 0 Å². The van der Waals surface area contributed by atoms with Crippen LogP contribution in [0.2, 0.25) is 0 Å². The number of carbonyl (C=O) groups excluding carboxylic acids is 1. The van der Waals surface area contributed by atoms with Crippen LogP contribution >= 0.6 is 0 Å². The van der Waals surface area contributed by atoms with E-state index in [-0.39, 0.29) is 0 Å². The molecule has 72 valence electrons. The summed E-state index contributed by atoms with van der Waals surface area (Å²) in [6.45, 7) is 3.09. The molecule has 0 aromatic rings. The molecule has 0 rings (SSSR count). The zero-order valence-electron chi connectivity index (χ0n) is 6.64. The fraction of sp³-hybridized carbons (Fsp3) is 0. The Morgan fingerprint density at radius 3 is 1.38 bits per heavy atom. The SMILES string of the molecule is C=CC(N)=O.O=C(O)/C=C/C(=O)O. The highest BCUT2D eigenvalue weighted by atomic mass is 16.4. The van der Waals surface area contributed by atoms with Crippen molar-refractivity contribution in [2.75, 3.05) is 0 Å². The molecule has 6 nitrogen and oxygen atoms in total. The minimum Gasteiger partial charge on any atom is -0.478 e. The molecule has 0 bridgehead atoms. The average Bonchev–Trinajstić information content (AvgIpc) is 2.02. The molecule has 0 saturated heterocycles. The summed E-state index contributed by atoms with van der Waals surface area (Å²) in [5.74, 6) is -3.00. The number of nitrogens with two attached hydrogens (primary N) is 1.